The number of hydrogen-bond donors (Lipinski definition) is 1. The standard InChI is InChI=1S/C14H24N4/c1-10(2)18-7-5-6-13(18)9-16-14-12(4)15-8-11(3)17-14/h8,10,13H,5-7,9H2,1-4H3,(H,16,17)/t13-/m1/s1. The fourth-order valence-electron chi connectivity index (χ4n) is 2.68. The molecule has 0 bridgehead atoms. The highest BCUT2D eigenvalue weighted by Gasteiger charge is 2.26. The fraction of sp³-hybridized carbons (Fsp3) is 0.714. The summed E-state index contributed by atoms with van der Waals surface area (Å²) in [5.74, 6) is 0.936. The van der Waals surface area contributed by atoms with Crippen molar-refractivity contribution in [1.29, 1.82) is 0 Å². The van der Waals surface area contributed by atoms with Crippen LogP contribution < -0.4 is 5.32 Å². The molecule has 1 aliphatic rings. The van der Waals surface area contributed by atoms with E-state index >= 15 is 0 Å². The van der Waals surface area contributed by atoms with Crippen LogP contribution in [0.4, 0.5) is 5.82 Å². The molecule has 1 aromatic heterocycles. The predicted molar refractivity (Wildman–Crippen MR) is 74.9 cm³/mol. The van der Waals surface area contributed by atoms with Crippen molar-refractivity contribution in [2.24, 2.45) is 0 Å². The maximum absolute atomic E-state index is 4.51. The Morgan fingerprint density at radius 2 is 2.22 bits per heavy atom. The van der Waals surface area contributed by atoms with Gasteiger partial charge in [0.05, 0.1) is 11.4 Å². The Labute approximate surface area is 110 Å². The molecule has 0 saturated carbocycles. The molecular weight excluding hydrogens is 224 g/mol. The largest absolute Gasteiger partial charge is 0.367 e. The summed E-state index contributed by atoms with van der Waals surface area (Å²) in [7, 11) is 0. The van der Waals surface area contributed by atoms with E-state index in [9.17, 15) is 0 Å². The SMILES string of the molecule is Cc1cnc(C)c(NC[C@H]2CCCN2C(C)C)n1. The molecule has 1 atom stereocenters. The van der Waals surface area contributed by atoms with Crippen LogP contribution in [0.25, 0.3) is 0 Å². The van der Waals surface area contributed by atoms with E-state index in [0.29, 0.717) is 12.1 Å². The molecule has 4 heteroatoms. The maximum atomic E-state index is 4.51. The van der Waals surface area contributed by atoms with Crippen LogP contribution in [-0.4, -0.2) is 40.0 Å². The minimum atomic E-state index is 0.629. The summed E-state index contributed by atoms with van der Waals surface area (Å²) in [6.45, 7) is 10.7. The number of likely N-dealkylation sites (tertiary alicyclic amines) is 1. The summed E-state index contributed by atoms with van der Waals surface area (Å²) >= 11 is 0. The van der Waals surface area contributed by atoms with Crippen LogP contribution in [0.5, 0.6) is 0 Å². The summed E-state index contributed by atoms with van der Waals surface area (Å²) in [6.07, 6.45) is 4.41. The summed E-state index contributed by atoms with van der Waals surface area (Å²) in [4.78, 5) is 11.4. The van der Waals surface area contributed by atoms with E-state index in [0.717, 1.165) is 23.8 Å². The molecule has 100 valence electrons. The number of rotatable bonds is 4. The smallest absolute Gasteiger partial charge is 0.147 e. The van der Waals surface area contributed by atoms with Crippen LogP contribution in [0.3, 0.4) is 0 Å². The molecule has 2 heterocycles. The molecule has 0 amide bonds. The Balaban J connectivity index is 1.96. The average Bonchev–Trinajstić information content (AvgIpc) is 2.79. The summed E-state index contributed by atoms with van der Waals surface area (Å²) in [5.41, 5.74) is 1.95. The van der Waals surface area contributed by atoms with Crippen LogP contribution in [0, 0.1) is 13.8 Å². The monoisotopic (exact) mass is 248 g/mol. The predicted octanol–water partition coefficient (Wildman–Crippen LogP) is 2.38. The molecule has 1 aromatic rings. The molecule has 18 heavy (non-hydrogen) atoms. The summed E-state index contributed by atoms with van der Waals surface area (Å²) in [5, 5.41) is 3.47. The van der Waals surface area contributed by atoms with E-state index in [1.807, 2.05) is 20.0 Å². The van der Waals surface area contributed by atoms with Crippen LogP contribution >= 0.6 is 0 Å². The Morgan fingerprint density at radius 3 is 2.94 bits per heavy atom. The zero-order valence-corrected chi connectivity index (χ0v) is 11.9. The molecule has 2 rings (SSSR count). The molecule has 0 radical (unpaired) electrons. The quantitative estimate of drug-likeness (QED) is 0.888. The number of aromatic nitrogens is 2. The molecule has 1 fully saturated rings. The molecule has 4 nitrogen and oxygen atoms in total. The van der Waals surface area contributed by atoms with Gasteiger partial charge in [0.15, 0.2) is 0 Å². The van der Waals surface area contributed by atoms with Gasteiger partial charge < -0.3 is 5.32 Å². The molecule has 1 saturated heterocycles. The van der Waals surface area contributed by atoms with Gasteiger partial charge in [-0.3, -0.25) is 9.88 Å². The second-order valence-electron chi connectivity index (χ2n) is 5.45. The van der Waals surface area contributed by atoms with E-state index in [1.165, 1.54) is 19.4 Å². The second kappa shape index (κ2) is 5.65. The van der Waals surface area contributed by atoms with Crippen molar-refractivity contribution in [3.05, 3.63) is 17.6 Å². The molecular formula is C14H24N4. The lowest BCUT2D eigenvalue weighted by Gasteiger charge is -2.28. The zero-order valence-electron chi connectivity index (χ0n) is 11.9. The number of nitrogens with one attached hydrogen (secondary N) is 1. The maximum Gasteiger partial charge on any atom is 0.147 e. The Morgan fingerprint density at radius 1 is 1.44 bits per heavy atom. The van der Waals surface area contributed by atoms with Gasteiger partial charge in [0.25, 0.3) is 0 Å². The van der Waals surface area contributed by atoms with Gasteiger partial charge in [-0.1, -0.05) is 0 Å². The van der Waals surface area contributed by atoms with Gasteiger partial charge in [-0.2, -0.15) is 0 Å². The van der Waals surface area contributed by atoms with Crippen LogP contribution in [-0.2, 0) is 0 Å². The van der Waals surface area contributed by atoms with E-state index in [-0.39, 0.29) is 0 Å². The van der Waals surface area contributed by atoms with Gasteiger partial charge in [0, 0.05) is 24.8 Å². The molecule has 1 aliphatic heterocycles. The first kappa shape index (κ1) is 13.3. The molecule has 0 aromatic carbocycles. The van der Waals surface area contributed by atoms with Crippen molar-refractivity contribution in [1.82, 2.24) is 14.9 Å². The molecule has 1 N–H and O–H groups in total. The fourth-order valence-corrected chi connectivity index (χ4v) is 2.68. The van der Waals surface area contributed by atoms with Crippen molar-refractivity contribution in [3.63, 3.8) is 0 Å². The van der Waals surface area contributed by atoms with Crippen LogP contribution in [0.2, 0.25) is 0 Å². The third-order valence-corrected chi connectivity index (χ3v) is 3.67. The Kier molecular flexibility index (Phi) is 4.17. The lowest BCUT2D eigenvalue weighted by molar-refractivity contribution is 0.211. The van der Waals surface area contributed by atoms with Gasteiger partial charge in [0.1, 0.15) is 5.82 Å². The highest BCUT2D eigenvalue weighted by molar-refractivity contribution is 5.39. The molecule has 0 unspecified atom stereocenters. The molecule has 0 spiro atoms. The number of anilines is 1. The average molecular weight is 248 g/mol. The number of aryl methyl sites for hydroxylation is 2. The summed E-state index contributed by atoms with van der Waals surface area (Å²) in [6, 6.07) is 1.26. The number of hydrogen-bond acceptors (Lipinski definition) is 4. The van der Waals surface area contributed by atoms with E-state index in [2.05, 4.69) is 34.0 Å². The van der Waals surface area contributed by atoms with Crippen molar-refractivity contribution in [2.75, 3.05) is 18.4 Å². The molecule has 0 aliphatic carbocycles. The number of nitrogens with zero attached hydrogens (tertiary/aromatic N) is 3. The van der Waals surface area contributed by atoms with E-state index < -0.39 is 0 Å². The topological polar surface area (TPSA) is 41.1 Å². The van der Waals surface area contributed by atoms with Gasteiger partial charge in [0.2, 0.25) is 0 Å². The highest BCUT2D eigenvalue weighted by Crippen LogP contribution is 2.20. The van der Waals surface area contributed by atoms with Crippen molar-refractivity contribution >= 4 is 5.82 Å². The van der Waals surface area contributed by atoms with Crippen LogP contribution in [0.1, 0.15) is 38.1 Å². The first-order valence-electron chi connectivity index (χ1n) is 6.88. The first-order valence-corrected chi connectivity index (χ1v) is 6.88. The Hall–Kier alpha value is -1.16. The van der Waals surface area contributed by atoms with Crippen LogP contribution in [0.15, 0.2) is 6.20 Å². The lowest BCUT2D eigenvalue weighted by atomic mass is 10.2. The third kappa shape index (κ3) is 2.99. The zero-order chi connectivity index (χ0) is 13.1. The second-order valence-corrected chi connectivity index (χ2v) is 5.45. The first-order chi connectivity index (χ1) is 8.58. The van der Waals surface area contributed by atoms with Crippen molar-refractivity contribution < 1.29 is 0 Å². The minimum Gasteiger partial charge on any atom is -0.367 e. The normalized spacial score (nSPS) is 20.6. The summed E-state index contributed by atoms with van der Waals surface area (Å²) < 4.78 is 0. The lowest BCUT2D eigenvalue weighted by Crippen LogP contribution is -2.39. The van der Waals surface area contributed by atoms with Gasteiger partial charge in [-0.15, -0.1) is 0 Å². The van der Waals surface area contributed by atoms with E-state index in [1.54, 1.807) is 0 Å². The van der Waals surface area contributed by atoms with Crippen molar-refractivity contribution in [2.45, 2.75) is 52.6 Å². The Bertz CT molecular complexity index is 403. The van der Waals surface area contributed by atoms with Crippen molar-refractivity contribution in [3.8, 4) is 0 Å². The van der Waals surface area contributed by atoms with Gasteiger partial charge >= 0.3 is 0 Å². The van der Waals surface area contributed by atoms with Gasteiger partial charge in [-0.05, 0) is 47.1 Å². The van der Waals surface area contributed by atoms with Gasteiger partial charge in [-0.25, -0.2) is 4.98 Å². The van der Waals surface area contributed by atoms with E-state index in [4.69, 9.17) is 0 Å². The third-order valence-electron chi connectivity index (χ3n) is 3.67. The minimum absolute atomic E-state index is 0.629. The highest BCUT2D eigenvalue weighted by atomic mass is 15.2.